The number of hydrogen-bond donors (Lipinski definition) is 2. The minimum Gasteiger partial charge on any atom is -0.340 e. The monoisotopic (exact) mass is 325 g/mol. The van der Waals surface area contributed by atoms with Gasteiger partial charge in [0, 0.05) is 45.4 Å². The van der Waals surface area contributed by atoms with Crippen LogP contribution < -0.4 is 10.6 Å². The lowest BCUT2D eigenvalue weighted by Crippen LogP contribution is -2.46. The number of carbonyl (C=O) groups excluding carboxylic acids is 2. The molecule has 0 atom stereocenters. The van der Waals surface area contributed by atoms with E-state index in [9.17, 15) is 9.59 Å². The van der Waals surface area contributed by atoms with Crippen LogP contribution in [0.25, 0.3) is 0 Å². The van der Waals surface area contributed by atoms with Crippen LogP contribution in [0.3, 0.4) is 0 Å². The molecule has 0 aliphatic carbocycles. The van der Waals surface area contributed by atoms with Crippen LogP contribution in [0, 0.1) is 5.92 Å². The topological polar surface area (TPSA) is 87.2 Å². The van der Waals surface area contributed by atoms with Crippen molar-refractivity contribution in [2.45, 2.75) is 33.1 Å². The Bertz CT molecular complexity index is 511. The standard InChI is InChI=1S/C14H23N5O2S/c1-10(2)9-12-17-18-14(22-12)16-11(20)3-4-13(21)19-7-5-15-6-8-19/h10,15H,3-9H2,1-2H3,(H,16,18,20). The van der Waals surface area contributed by atoms with Crippen molar-refractivity contribution in [3.8, 4) is 0 Å². The molecule has 0 spiro atoms. The molecule has 1 saturated heterocycles. The zero-order valence-corrected chi connectivity index (χ0v) is 13.9. The molecule has 22 heavy (non-hydrogen) atoms. The normalized spacial score (nSPS) is 15.1. The molecule has 1 fully saturated rings. The third-order valence-electron chi connectivity index (χ3n) is 3.33. The summed E-state index contributed by atoms with van der Waals surface area (Å²) in [6.45, 7) is 7.30. The Kier molecular flexibility index (Phi) is 6.26. The van der Waals surface area contributed by atoms with Crippen molar-refractivity contribution in [1.29, 1.82) is 0 Å². The first-order chi connectivity index (χ1) is 10.5. The summed E-state index contributed by atoms with van der Waals surface area (Å²) in [5, 5.41) is 15.3. The van der Waals surface area contributed by atoms with Gasteiger partial charge in [-0.05, 0) is 5.92 Å². The Labute approximate surface area is 134 Å². The van der Waals surface area contributed by atoms with Gasteiger partial charge in [-0.25, -0.2) is 0 Å². The van der Waals surface area contributed by atoms with Crippen LogP contribution in [0.15, 0.2) is 0 Å². The Morgan fingerprint density at radius 1 is 1.27 bits per heavy atom. The Morgan fingerprint density at radius 2 is 2.00 bits per heavy atom. The molecule has 2 rings (SSSR count). The average molecular weight is 325 g/mol. The molecule has 0 saturated carbocycles. The average Bonchev–Trinajstić information content (AvgIpc) is 2.92. The van der Waals surface area contributed by atoms with E-state index in [0.717, 1.165) is 37.6 Å². The lowest BCUT2D eigenvalue weighted by molar-refractivity contribution is -0.133. The number of piperazine rings is 1. The van der Waals surface area contributed by atoms with E-state index in [4.69, 9.17) is 0 Å². The van der Waals surface area contributed by atoms with Gasteiger partial charge in [-0.3, -0.25) is 9.59 Å². The fraction of sp³-hybridized carbons (Fsp3) is 0.714. The Morgan fingerprint density at radius 3 is 2.68 bits per heavy atom. The second-order valence-electron chi connectivity index (χ2n) is 5.78. The molecule has 0 aromatic carbocycles. The zero-order chi connectivity index (χ0) is 15.9. The molecule has 2 heterocycles. The van der Waals surface area contributed by atoms with Gasteiger partial charge in [-0.2, -0.15) is 0 Å². The number of amides is 2. The molecular formula is C14H23N5O2S. The second kappa shape index (κ2) is 8.19. The molecule has 122 valence electrons. The predicted octanol–water partition coefficient (Wildman–Crippen LogP) is 0.887. The third-order valence-corrected chi connectivity index (χ3v) is 4.19. The molecule has 1 aromatic rings. The van der Waals surface area contributed by atoms with E-state index < -0.39 is 0 Å². The number of anilines is 1. The molecule has 0 bridgehead atoms. The maximum Gasteiger partial charge on any atom is 0.226 e. The van der Waals surface area contributed by atoms with E-state index in [1.165, 1.54) is 11.3 Å². The highest BCUT2D eigenvalue weighted by molar-refractivity contribution is 7.15. The van der Waals surface area contributed by atoms with Crippen LogP contribution in [0.4, 0.5) is 5.13 Å². The number of hydrogen-bond acceptors (Lipinski definition) is 6. The fourth-order valence-electron chi connectivity index (χ4n) is 2.21. The van der Waals surface area contributed by atoms with Crippen LogP contribution >= 0.6 is 11.3 Å². The van der Waals surface area contributed by atoms with Gasteiger partial charge >= 0.3 is 0 Å². The molecule has 1 aromatic heterocycles. The summed E-state index contributed by atoms with van der Waals surface area (Å²) in [5.74, 6) is 0.360. The van der Waals surface area contributed by atoms with Crippen molar-refractivity contribution < 1.29 is 9.59 Å². The van der Waals surface area contributed by atoms with Crippen molar-refractivity contribution in [2.24, 2.45) is 5.92 Å². The van der Waals surface area contributed by atoms with Crippen LogP contribution in [-0.4, -0.2) is 53.1 Å². The summed E-state index contributed by atoms with van der Waals surface area (Å²) >= 11 is 1.39. The smallest absolute Gasteiger partial charge is 0.226 e. The van der Waals surface area contributed by atoms with Crippen molar-refractivity contribution in [1.82, 2.24) is 20.4 Å². The van der Waals surface area contributed by atoms with Crippen LogP contribution in [0.1, 0.15) is 31.7 Å². The Hall–Kier alpha value is -1.54. The molecule has 7 nitrogen and oxygen atoms in total. The van der Waals surface area contributed by atoms with E-state index >= 15 is 0 Å². The highest BCUT2D eigenvalue weighted by Gasteiger charge is 2.17. The lowest BCUT2D eigenvalue weighted by atomic mass is 10.1. The summed E-state index contributed by atoms with van der Waals surface area (Å²) in [5.41, 5.74) is 0. The van der Waals surface area contributed by atoms with Gasteiger partial charge in [0.2, 0.25) is 16.9 Å². The maximum atomic E-state index is 12.0. The summed E-state index contributed by atoms with van der Waals surface area (Å²) in [6.07, 6.45) is 1.28. The van der Waals surface area contributed by atoms with Gasteiger partial charge in [-0.15, -0.1) is 10.2 Å². The third kappa shape index (κ3) is 5.34. The van der Waals surface area contributed by atoms with Crippen molar-refractivity contribution in [3.63, 3.8) is 0 Å². The van der Waals surface area contributed by atoms with Gasteiger partial charge in [0.15, 0.2) is 0 Å². The molecule has 8 heteroatoms. The van der Waals surface area contributed by atoms with Crippen molar-refractivity contribution in [3.05, 3.63) is 5.01 Å². The van der Waals surface area contributed by atoms with E-state index in [2.05, 4.69) is 34.7 Å². The molecular weight excluding hydrogens is 302 g/mol. The summed E-state index contributed by atoms with van der Waals surface area (Å²) < 4.78 is 0. The minimum absolute atomic E-state index is 0.0365. The van der Waals surface area contributed by atoms with E-state index in [1.807, 2.05) is 0 Å². The Balaban J connectivity index is 1.73. The number of carbonyl (C=O) groups is 2. The minimum atomic E-state index is -0.185. The van der Waals surface area contributed by atoms with Gasteiger partial charge in [-0.1, -0.05) is 25.2 Å². The summed E-state index contributed by atoms with van der Waals surface area (Å²) in [4.78, 5) is 25.7. The van der Waals surface area contributed by atoms with Gasteiger partial charge in [0.25, 0.3) is 0 Å². The molecule has 2 N–H and O–H groups in total. The zero-order valence-electron chi connectivity index (χ0n) is 13.1. The highest BCUT2D eigenvalue weighted by Crippen LogP contribution is 2.18. The predicted molar refractivity (Wildman–Crippen MR) is 85.8 cm³/mol. The molecule has 0 unspecified atom stereocenters. The second-order valence-corrected chi connectivity index (χ2v) is 6.84. The molecule has 0 radical (unpaired) electrons. The lowest BCUT2D eigenvalue weighted by Gasteiger charge is -2.27. The van der Waals surface area contributed by atoms with E-state index in [-0.39, 0.29) is 24.7 Å². The van der Waals surface area contributed by atoms with Crippen molar-refractivity contribution in [2.75, 3.05) is 31.5 Å². The number of nitrogens with zero attached hydrogens (tertiary/aromatic N) is 3. The summed E-state index contributed by atoms with van der Waals surface area (Å²) in [7, 11) is 0. The first-order valence-electron chi connectivity index (χ1n) is 7.65. The number of rotatable bonds is 6. The van der Waals surface area contributed by atoms with Crippen molar-refractivity contribution >= 4 is 28.3 Å². The quantitative estimate of drug-likeness (QED) is 0.811. The van der Waals surface area contributed by atoms with Crippen LogP contribution in [0.5, 0.6) is 0 Å². The first kappa shape index (κ1) is 16.8. The van der Waals surface area contributed by atoms with Gasteiger partial charge in [0.05, 0.1) is 0 Å². The summed E-state index contributed by atoms with van der Waals surface area (Å²) in [6, 6.07) is 0. The van der Waals surface area contributed by atoms with Gasteiger partial charge < -0.3 is 15.5 Å². The number of nitrogens with one attached hydrogen (secondary N) is 2. The number of aromatic nitrogens is 2. The van der Waals surface area contributed by atoms with Crippen LogP contribution in [0.2, 0.25) is 0 Å². The van der Waals surface area contributed by atoms with E-state index in [0.29, 0.717) is 11.0 Å². The highest BCUT2D eigenvalue weighted by atomic mass is 32.1. The SMILES string of the molecule is CC(C)Cc1nnc(NC(=O)CCC(=O)N2CCNCC2)s1. The maximum absolute atomic E-state index is 12.0. The molecule has 1 aliphatic rings. The van der Waals surface area contributed by atoms with Gasteiger partial charge in [0.1, 0.15) is 5.01 Å². The first-order valence-corrected chi connectivity index (χ1v) is 8.47. The van der Waals surface area contributed by atoms with E-state index in [1.54, 1.807) is 4.90 Å². The fourth-order valence-corrected chi connectivity index (χ4v) is 3.18. The van der Waals surface area contributed by atoms with Crippen LogP contribution in [-0.2, 0) is 16.0 Å². The largest absolute Gasteiger partial charge is 0.340 e. The molecule has 2 amide bonds. The molecule has 1 aliphatic heterocycles.